The summed E-state index contributed by atoms with van der Waals surface area (Å²) in [7, 11) is 0. The van der Waals surface area contributed by atoms with Crippen LogP contribution in [0.4, 0.5) is 4.79 Å². The molecule has 9 amide bonds. The van der Waals surface area contributed by atoms with Crippen LogP contribution in [0.1, 0.15) is 75.1 Å². The number of guanidine groups is 1. The number of carbonyl (C=O) groups excluding carboxylic acids is 9. The Morgan fingerprint density at radius 1 is 0.703 bits per heavy atom. The number of ketones is 1. The smallest absolute Gasteiger partial charge is 0.325 e. The maximum absolute atomic E-state index is 14.7. The summed E-state index contributed by atoms with van der Waals surface area (Å²) in [4.78, 5) is 141. The van der Waals surface area contributed by atoms with Crippen LogP contribution in [0.3, 0.4) is 0 Å². The molecule has 3 aliphatic rings. The lowest BCUT2D eigenvalue weighted by Gasteiger charge is -2.28. The third kappa shape index (κ3) is 14.3. The molecule has 0 aliphatic carbocycles. The maximum atomic E-state index is 14.7. The van der Waals surface area contributed by atoms with Crippen LogP contribution in [0.5, 0.6) is 0 Å². The molecule has 2 unspecified atom stereocenters. The van der Waals surface area contributed by atoms with Crippen molar-refractivity contribution in [2.45, 2.75) is 126 Å². The molecule has 1 saturated heterocycles. The van der Waals surface area contributed by atoms with Crippen molar-refractivity contribution < 1.29 is 43.2 Å². The van der Waals surface area contributed by atoms with Crippen LogP contribution in [-0.2, 0) is 57.6 Å². The topological polar surface area (TPSA) is 362 Å². The number of nitrogens with zero attached hydrogens (tertiary/aromatic N) is 3. The number of fused-ring (bicyclic) bond motifs is 10. The zero-order valence-electron chi connectivity index (χ0n) is 41.1. The van der Waals surface area contributed by atoms with Gasteiger partial charge in [0.25, 0.3) is 5.91 Å². The molecule has 8 atom stereocenters. The van der Waals surface area contributed by atoms with Crippen molar-refractivity contribution >= 4 is 70.0 Å². The lowest BCUT2D eigenvalue weighted by molar-refractivity contribution is -0.137. The number of nitrogens with one attached hydrogen (secondary N) is 10. The van der Waals surface area contributed by atoms with Gasteiger partial charge >= 0.3 is 6.03 Å². The molecule has 7 rings (SSSR count). The number of imidazole rings is 1. The van der Waals surface area contributed by atoms with Gasteiger partial charge in [0, 0.05) is 54.8 Å². The number of nitrogens with two attached hydrogens (primary N) is 2. The minimum atomic E-state index is -1.43. The molecule has 24 heteroatoms. The van der Waals surface area contributed by atoms with Crippen LogP contribution in [0.2, 0.25) is 0 Å². The van der Waals surface area contributed by atoms with E-state index in [0.717, 1.165) is 21.4 Å². The highest BCUT2D eigenvalue weighted by Crippen LogP contribution is 2.21. The van der Waals surface area contributed by atoms with Gasteiger partial charge in [-0.05, 0) is 82.0 Å². The van der Waals surface area contributed by atoms with E-state index >= 15 is 0 Å². The highest BCUT2D eigenvalue weighted by Gasteiger charge is 2.44. The van der Waals surface area contributed by atoms with Crippen LogP contribution in [0.25, 0.3) is 10.9 Å². The predicted molar refractivity (Wildman–Crippen MR) is 270 cm³/mol. The van der Waals surface area contributed by atoms with E-state index < -0.39 is 95.7 Å². The Hall–Kier alpha value is -8.15. The molecule has 0 radical (unpaired) electrons. The van der Waals surface area contributed by atoms with Gasteiger partial charge in [-0.15, -0.1) is 0 Å². The number of primary amides is 1. The maximum Gasteiger partial charge on any atom is 0.325 e. The lowest BCUT2D eigenvalue weighted by Crippen LogP contribution is -2.60. The molecule has 0 saturated carbocycles. The Kier molecular flexibility index (Phi) is 18.5. The van der Waals surface area contributed by atoms with Gasteiger partial charge in [-0.2, -0.15) is 0 Å². The molecule has 4 aromatic rings. The van der Waals surface area contributed by atoms with Crippen LogP contribution in [0.15, 0.2) is 78.3 Å². The van der Waals surface area contributed by atoms with E-state index in [9.17, 15) is 43.2 Å². The van der Waals surface area contributed by atoms with E-state index in [1.165, 1.54) is 19.4 Å². The number of amides is 9. The zero-order chi connectivity index (χ0) is 52.7. The van der Waals surface area contributed by atoms with Crippen LogP contribution < -0.4 is 54.0 Å². The van der Waals surface area contributed by atoms with Crippen molar-refractivity contribution in [3.8, 4) is 0 Å². The summed E-state index contributed by atoms with van der Waals surface area (Å²) < 4.78 is 0. The van der Waals surface area contributed by atoms with Gasteiger partial charge in [-0.25, -0.2) is 9.78 Å². The summed E-state index contributed by atoms with van der Waals surface area (Å²) in [6.45, 7) is 1.60. The van der Waals surface area contributed by atoms with Crippen LogP contribution >= 0.6 is 0 Å². The number of aryl methyl sites for hydroxylation is 1. The van der Waals surface area contributed by atoms with Crippen molar-refractivity contribution in [2.75, 3.05) is 19.6 Å². The fourth-order valence-electron chi connectivity index (χ4n) is 9.20. The van der Waals surface area contributed by atoms with Crippen LogP contribution in [-0.4, -0.2) is 147 Å². The number of H-pyrrole nitrogens is 2. The molecular weight excluding hydrogens is 955 g/mol. The monoisotopic (exact) mass is 1020 g/mol. The van der Waals surface area contributed by atoms with Gasteiger partial charge in [0.2, 0.25) is 35.4 Å². The van der Waals surface area contributed by atoms with Crippen molar-refractivity contribution in [1.82, 2.24) is 62.4 Å². The Morgan fingerprint density at radius 2 is 1.42 bits per heavy atom. The highest BCUT2D eigenvalue weighted by atomic mass is 16.2. The van der Waals surface area contributed by atoms with Gasteiger partial charge in [-0.1, -0.05) is 48.5 Å². The van der Waals surface area contributed by atoms with E-state index in [0.29, 0.717) is 24.1 Å². The second-order valence-electron chi connectivity index (χ2n) is 18.8. The first-order valence-electron chi connectivity index (χ1n) is 25.0. The fourth-order valence-corrected chi connectivity index (χ4v) is 9.20. The van der Waals surface area contributed by atoms with E-state index in [2.05, 4.69) is 62.5 Å². The number of rotatable bonds is 8. The molecule has 2 aromatic carbocycles. The molecular formula is C50H65N15O9. The Balaban J connectivity index is 1.26. The highest BCUT2D eigenvalue weighted by molar-refractivity contribution is 6.08. The predicted octanol–water partition coefficient (Wildman–Crippen LogP) is -1.28. The molecule has 394 valence electrons. The molecule has 2 aromatic heterocycles. The van der Waals surface area contributed by atoms with Gasteiger partial charge in [0.05, 0.1) is 18.9 Å². The van der Waals surface area contributed by atoms with Crippen LogP contribution in [0, 0.1) is 0 Å². The Morgan fingerprint density at radius 3 is 2.19 bits per heavy atom. The molecule has 14 N–H and O–H groups in total. The lowest BCUT2D eigenvalue weighted by atomic mass is 10.0. The van der Waals surface area contributed by atoms with Gasteiger partial charge in [0.15, 0.2) is 11.7 Å². The number of aliphatic imine (C=N–C) groups is 1. The van der Waals surface area contributed by atoms with Gasteiger partial charge < -0.3 is 64.0 Å². The normalized spacial score (nSPS) is 25.9. The quantitative estimate of drug-likeness (QED) is 0.0917. The Bertz CT molecular complexity index is 2690. The van der Waals surface area contributed by atoms with Crippen molar-refractivity contribution in [3.63, 3.8) is 0 Å². The number of aromatic amines is 2. The Labute approximate surface area is 426 Å². The first kappa shape index (κ1) is 53.6. The van der Waals surface area contributed by atoms with Crippen molar-refractivity contribution in [2.24, 2.45) is 16.5 Å². The number of carbonyl (C=O) groups is 9. The average molecular weight is 1020 g/mol. The first-order valence-corrected chi connectivity index (χ1v) is 25.0. The minimum absolute atomic E-state index is 0.0206. The van der Waals surface area contributed by atoms with Gasteiger partial charge in [0.1, 0.15) is 42.3 Å². The second-order valence-corrected chi connectivity index (χ2v) is 18.8. The van der Waals surface area contributed by atoms with E-state index in [1.54, 1.807) is 6.20 Å². The van der Waals surface area contributed by atoms with E-state index in [1.807, 2.05) is 54.6 Å². The molecule has 4 bridgehead atoms. The molecule has 0 spiro atoms. The third-order valence-corrected chi connectivity index (χ3v) is 13.5. The number of Topliss-reactive ketones (excluding diaryl/α,β-unsaturated/α-hetero) is 1. The third-order valence-electron chi connectivity index (χ3n) is 13.5. The number of urea groups is 1. The number of para-hydroxylation sites is 1. The number of imide groups is 1. The number of hydrogen-bond donors (Lipinski definition) is 12. The first-order chi connectivity index (χ1) is 35.6. The second kappa shape index (κ2) is 25.5. The summed E-state index contributed by atoms with van der Waals surface area (Å²) in [6.07, 6.45) is 5.44. The molecule has 74 heavy (non-hydrogen) atoms. The minimum Gasteiger partial charge on any atom is -0.370 e. The summed E-state index contributed by atoms with van der Waals surface area (Å²) in [5.41, 5.74) is 14.9. The molecule has 1 fully saturated rings. The molecule has 5 heterocycles. The largest absolute Gasteiger partial charge is 0.370 e. The number of hydrogen-bond acceptors (Lipinski definition) is 14. The standard InChI is InChI=1S/C50H65N15O9/c1-28-43(68)62-39(23-31-25-53-27-58-31)47(72)61-36(17-16-29-10-3-2-4-11-29)45(70)60-35-15-9-21-55-49(52)57-26-40(41(66)19-18-37-48(73)65(28)50(74)64-37)54-20-8-7-14-34(42(51)67)59-46(71)38(63-44(35)69)22-30-24-56-33-13-6-5-12-32(30)33/h2-6,10-13,24-25,27-28,34-40,54,56H,7-9,14-23,26H2,1H3,(H2,51,67)(H,53,58)(H,59,71)(H,60,70)(H,61,72)(H,62,68)(H,63,69)(H,64,74)(H3,52,55,57)/t28-,34?,35+,36-,37+,38+,39+,40?/m1/s1. The van der Waals surface area contributed by atoms with Gasteiger partial charge in [-0.3, -0.25) is 48.2 Å². The van der Waals surface area contributed by atoms with Crippen molar-refractivity contribution in [3.05, 3.63) is 90.1 Å². The number of benzene rings is 2. The average Bonchev–Trinajstić information content (AvgIpc) is 4.13. The summed E-state index contributed by atoms with van der Waals surface area (Å²) in [5, 5.41) is 23.4. The summed E-state index contributed by atoms with van der Waals surface area (Å²) in [5.74, 6) is -5.85. The molecule has 3 aliphatic heterocycles. The SMILES string of the molecule is C[C@@H]1C(=O)N[C@@H](Cc2cnc[nH]2)C(=O)N[C@H](CCc2ccccc2)C(=O)N[C@H]2CCCNC(N)=NCC(NCCCCC(C(N)=O)NC(=O)[C@H](Cc3c[nH]c4ccccc34)NC2=O)C(=O)CC[C@@H]2NC(=O)N1C2=O. The van der Waals surface area contributed by atoms with Crippen molar-refractivity contribution in [1.29, 1.82) is 0 Å². The zero-order valence-corrected chi connectivity index (χ0v) is 41.1. The molecule has 24 nitrogen and oxygen atoms in total. The van der Waals surface area contributed by atoms with E-state index in [-0.39, 0.29) is 89.2 Å². The summed E-state index contributed by atoms with van der Waals surface area (Å²) in [6, 6.07) is 5.74. The summed E-state index contributed by atoms with van der Waals surface area (Å²) >= 11 is 0. The number of aromatic nitrogens is 3. The fraction of sp³-hybridized carbons (Fsp3) is 0.460. The van der Waals surface area contributed by atoms with E-state index in [4.69, 9.17) is 11.5 Å².